The van der Waals surface area contributed by atoms with Gasteiger partial charge in [-0.2, -0.15) is 0 Å². The lowest BCUT2D eigenvalue weighted by Gasteiger charge is -2.29. The van der Waals surface area contributed by atoms with Crippen molar-refractivity contribution >= 4 is 5.97 Å². The first-order chi connectivity index (χ1) is 5.77. The Hall–Kier alpha value is -0.570. The maximum absolute atomic E-state index is 11.5. The van der Waals surface area contributed by atoms with Crippen LogP contribution in [0.25, 0.3) is 0 Å². The molecule has 0 unspecified atom stereocenters. The van der Waals surface area contributed by atoms with Crippen molar-refractivity contribution in [2.75, 3.05) is 13.7 Å². The lowest BCUT2D eigenvalue weighted by Crippen LogP contribution is -2.48. The van der Waals surface area contributed by atoms with Crippen LogP contribution in [0, 0.1) is 5.92 Å². The fourth-order valence-corrected chi connectivity index (χ4v) is 2.52. The van der Waals surface area contributed by atoms with Gasteiger partial charge in [0.25, 0.3) is 0 Å². The monoisotopic (exact) mass is 169 g/mol. The van der Waals surface area contributed by atoms with Crippen LogP contribution in [0.3, 0.4) is 0 Å². The van der Waals surface area contributed by atoms with E-state index in [2.05, 4.69) is 5.32 Å². The molecule has 0 aromatic heterocycles. The molecule has 3 nitrogen and oxygen atoms in total. The summed E-state index contributed by atoms with van der Waals surface area (Å²) in [6.07, 6.45) is 4.37. The highest BCUT2D eigenvalue weighted by atomic mass is 16.5. The van der Waals surface area contributed by atoms with Crippen molar-refractivity contribution in [3.63, 3.8) is 0 Å². The van der Waals surface area contributed by atoms with E-state index < -0.39 is 0 Å². The van der Waals surface area contributed by atoms with Gasteiger partial charge in [0.2, 0.25) is 0 Å². The molecule has 1 aliphatic heterocycles. The predicted molar refractivity (Wildman–Crippen MR) is 44.7 cm³/mol. The molecular weight excluding hydrogens is 154 g/mol. The number of carbonyl (C=O) groups excluding carboxylic acids is 1. The van der Waals surface area contributed by atoms with E-state index in [-0.39, 0.29) is 11.5 Å². The Labute approximate surface area is 72.5 Å². The molecule has 2 atom stereocenters. The fourth-order valence-electron chi connectivity index (χ4n) is 2.52. The fraction of sp³-hybridized carbons (Fsp3) is 0.889. The van der Waals surface area contributed by atoms with Gasteiger partial charge in [0.1, 0.15) is 5.54 Å². The van der Waals surface area contributed by atoms with E-state index >= 15 is 0 Å². The number of carbonyl (C=O) groups is 1. The first-order valence-electron chi connectivity index (χ1n) is 4.60. The first kappa shape index (κ1) is 8.05. The quantitative estimate of drug-likeness (QED) is 0.587. The number of methoxy groups -OCH3 is 1. The van der Waals surface area contributed by atoms with E-state index in [4.69, 9.17) is 4.74 Å². The summed E-state index contributed by atoms with van der Waals surface area (Å²) in [7, 11) is 1.47. The van der Waals surface area contributed by atoms with Crippen LogP contribution in [0.4, 0.5) is 0 Å². The zero-order valence-corrected chi connectivity index (χ0v) is 7.43. The Morgan fingerprint density at radius 1 is 1.67 bits per heavy atom. The van der Waals surface area contributed by atoms with Gasteiger partial charge in [0, 0.05) is 0 Å². The number of hydrogen-bond donors (Lipinski definition) is 1. The second-order valence-corrected chi connectivity index (χ2v) is 3.92. The topological polar surface area (TPSA) is 38.3 Å². The normalized spacial score (nSPS) is 39.6. The molecule has 2 rings (SSSR count). The molecule has 1 aliphatic carbocycles. The molecule has 0 spiro atoms. The van der Waals surface area contributed by atoms with Gasteiger partial charge in [0.15, 0.2) is 0 Å². The summed E-state index contributed by atoms with van der Waals surface area (Å²) in [6, 6.07) is 0. The zero-order chi connectivity index (χ0) is 8.60. The molecule has 3 heteroatoms. The summed E-state index contributed by atoms with van der Waals surface area (Å²) in [4.78, 5) is 11.5. The van der Waals surface area contributed by atoms with Crippen LogP contribution in [-0.4, -0.2) is 25.2 Å². The standard InChI is InChI=1S/C9H15NO2/c1-12-8(11)9-4-2-3-7(5-9)6-10-9/h7,10H,2-6H2,1H3/t7-,9+/m1/s1. The third-order valence-corrected chi connectivity index (χ3v) is 3.16. The molecule has 1 N–H and O–H groups in total. The van der Waals surface area contributed by atoms with Gasteiger partial charge in [-0.05, 0) is 31.7 Å². The second-order valence-electron chi connectivity index (χ2n) is 3.92. The Morgan fingerprint density at radius 3 is 3.25 bits per heavy atom. The number of ether oxygens (including phenoxy) is 1. The molecular formula is C9H15NO2. The van der Waals surface area contributed by atoms with Crippen LogP contribution in [0.15, 0.2) is 0 Å². The molecule has 0 radical (unpaired) electrons. The molecule has 0 aromatic rings. The van der Waals surface area contributed by atoms with Crippen molar-refractivity contribution in [2.45, 2.75) is 31.2 Å². The number of hydrogen-bond acceptors (Lipinski definition) is 3. The molecule has 68 valence electrons. The minimum atomic E-state index is -0.308. The summed E-state index contributed by atoms with van der Waals surface area (Å²) in [6.45, 7) is 0.995. The number of nitrogens with one attached hydrogen (secondary N) is 1. The van der Waals surface area contributed by atoms with Gasteiger partial charge in [-0.25, -0.2) is 0 Å². The zero-order valence-electron chi connectivity index (χ0n) is 7.43. The van der Waals surface area contributed by atoms with E-state index in [1.165, 1.54) is 13.5 Å². The minimum absolute atomic E-state index is 0.0651. The van der Waals surface area contributed by atoms with E-state index in [9.17, 15) is 4.79 Å². The summed E-state index contributed by atoms with van der Waals surface area (Å²) in [5.74, 6) is 0.641. The molecule has 0 amide bonds. The van der Waals surface area contributed by atoms with Gasteiger partial charge < -0.3 is 10.1 Å². The summed E-state index contributed by atoms with van der Waals surface area (Å²) < 4.78 is 4.81. The number of esters is 1. The largest absolute Gasteiger partial charge is 0.468 e. The molecule has 2 bridgehead atoms. The third-order valence-electron chi connectivity index (χ3n) is 3.16. The molecule has 12 heavy (non-hydrogen) atoms. The highest BCUT2D eigenvalue weighted by Gasteiger charge is 2.47. The van der Waals surface area contributed by atoms with Crippen molar-refractivity contribution in [1.29, 1.82) is 0 Å². The lowest BCUT2D eigenvalue weighted by atomic mass is 9.80. The van der Waals surface area contributed by atoms with Crippen molar-refractivity contribution in [3.8, 4) is 0 Å². The third kappa shape index (κ3) is 1.04. The van der Waals surface area contributed by atoms with Crippen LogP contribution < -0.4 is 5.32 Å². The van der Waals surface area contributed by atoms with Crippen molar-refractivity contribution < 1.29 is 9.53 Å². The maximum atomic E-state index is 11.5. The van der Waals surface area contributed by atoms with Crippen LogP contribution in [0.1, 0.15) is 25.7 Å². The first-order valence-corrected chi connectivity index (χ1v) is 4.60. The number of rotatable bonds is 1. The van der Waals surface area contributed by atoms with Gasteiger partial charge >= 0.3 is 5.97 Å². The van der Waals surface area contributed by atoms with Crippen molar-refractivity contribution in [2.24, 2.45) is 5.92 Å². The highest BCUT2D eigenvalue weighted by Crippen LogP contribution is 2.37. The lowest BCUT2D eigenvalue weighted by molar-refractivity contribution is -0.148. The Morgan fingerprint density at radius 2 is 2.50 bits per heavy atom. The van der Waals surface area contributed by atoms with Crippen molar-refractivity contribution in [1.82, 2.24) is 5.32 Å². The van der Waals surface area contributed by atoms with E-state index in [0.717, 1.165) is 25.8 Å². The van der Waals surface area contributed by atoms with Gasteiger partial charge in [-0.3, -0.25) is 4.79 Å². The van der Waals surface area contributed by atoms with Gasteiger partial charge in [0.05, 0.1) is 7.11 Å². The Bertz CT molecular complexity index is 201. The molecule has 2 aliphatic rings. The van der Waals surface area contributed by atoms with Gasteiger partial charge in [-0.15, -0.1) is 0 Å². The summed E-state index contributed by atoms with van der Waals surface area (Å²) >= 11 is 0. The minimum Gasteiger partial charge on any atom is -0.468 e. The highest BCUT2D eigenvalue weighted by molar-refractivity contribution is 5.81. The van der Waals surface area contributed by atoms with Gasteiger partial charge in [-0.1, -0.05) is 6.42 Å². The molecule has 0 aromatic carbocycles. The molecule has 2 fully saturated rings. The second kappa shape index (κ2) is 2.73. The summed E-state index contributed by atoms with van der Waals surface area (Å²) in [5, 5.41) is 3.31. The SMILES string of the molecule is COC(=O)[C@@]12CCC[C@@H](CN1)C2. The van der Waals surface area contributed by atoms with E-state index in [0.29, 0.717) is 5.92 Å². The van der Waals surface area contributed by atoms with E-state index in [1.54, 1.807) is 0 Å². The van der Waals surface area contributed by atoms with Crippen molar-refractivity contribution in [3.05, 3.63) is 0 Å². The van der Waals surface area contributed by atoms with Crippen LogP contribution >= 0.6 is 0 Å². The van der Waals surface area contributed by atoms with Crippen LogP contribution in [0.2, 0.25) is 0 Å². The van der Waals surface area contributed by atoms with E-state index in [1.807, 2.05) is 0 Å². The average Bonchev–Trinajstić information content (AvgIpc) is 2.42. The molecule has 1 heterocycles. The van der Waals surface area contributed by atoms with Crippen LogP contribution in [-0.2, 0) is 9.53 Å². The number of fused-ring (bicyclic) bond motifs is 2. The molecule has 1 saturated carbocycles. The molecule has 1 saturated heterocycles. The Kier molecular flexibility index (Phi) is 1.83. The summed E-state index contributed by atoms with van der Waals surface area (Å²) in [5.41, 5.74) is -0.308. The van der Waals surface area contributed by atoms with Crippen LogP contribution in [0.5, 0.6) is 0 Å². The smallest absolute Gasteiger partial charge is 0.326 e. The predicted octanol–water partition coefficient (Wildman–Crippen LogP) is 0.692. The average molecular weight is 169 g/mol. The maximum Gasteiger partial charge on any atom is 0.326 e. The Balaban J connectivity index is 2.15.